The summed E-state index contributed by atoms with van der Waals surface area (Å²) >= 11 is 0. The predicted octanol–water partition coefficient (Wildman–Crippen LogP) is -1.28. The van der Waals surface area contributed by atoms with Gasteiger partial charge in [-0.1, -0.05) is 0 Å². The van der Waals surface area contributed by atoms with Crippen molar-refractivity contribution in [2.45, 2.75) is 0 Å². The summed E-state index contributed by atoms with van der Waals surface area (Å²) in [4.78, 5) is 0. The summed E-state index contributed by atoms with van der Waals surface area (Å²) < 4.78 is 31.6. The van der Waals surface area contributed by atoms with Crippen LogP contribution in [0.15, 0.2) is 0 Å². The average molecular weight is 156 g/mol. The van der Waals surface area contributed by atoms with Gasteiger partial charge in [0.25, 0.3) is 0 Å². The van der Waals surface area contributed by atoms with Gasteiger partial charge in [-0.3, -0.25) is 19.6 Å². The van der Waals surface area contributed by atoms with Gasteiger partial charge in [0.15, 0.2) is 0 Å². The number of hydrogen-bond donors (Lipinski definition) is 4. The minimum absolute atomic E-state index is 0. The third kappa shape index (κ3) is 365. The van der Waals surface area contributed by atoms with Crippen molar-refractivity contribution in [3.05, 3.63) is 0 Å². The Balaban J connectivity index is -0.0000000750. The van der Waals surface area contributed by atoms with Gasteiger partial charge in [-0.2, -0.15) is 8.42 Å². The van der Waals surface area contributed by atoms with Crippen LogP contribution in [-0.2, 0) is 10.4 Å². The van der Waals surface area contributed by atoms with Crippen molar-refractivity contribution in [2.24, 2.45) is 0 Å². The fourth-order valence-corrected chi connectivity index (χ4v) is 0. The standard InChI is InChI=1S/Na.H2O4S.H2O2.H/c;1-5(2,3)4;1-2;/h;(H2,1,2,3,4);1-2H;. The third-order valence-electron chi connectivity index (χ3n) is 0. The topological polar surface area (TPSA) is 115 Å². The van der Waals surface area contributed by atoms with E-state index >= 15 is 0 Å². The van der Waals surface area contributed by atoms with E-state index in [1.165, 1.54) is 0 Å². The second-order valence-corrected chi connectivity index (χ2v) is 1.34. The molecule has 0 aliphatic carbocycles. The molecule has 8 heavy (non-hydrogen) atoms. The van der Waals surface area contributed by atoms with E-state index < -0.39 is 10.4 Å². The second kappa shape index (κ2) is 7.79. The van der Waals surface area contributed by atoms with Crippen LogP contribution in [0.5, 0.6) is 0 Å². The fourth-order valence-electron chi connectivity index (χ4n) is 0. The molecule has 0 amide bonds. The first-order chi connectivity index (χ1) is 3.00. The number of rotatable bonds is 0. The van der Waals surface area contributed by atoms with Crippen molar-refractivity contribution in [2.75, 3.05) is 0 Å². The molecule has 48 valence electrons. The molecule has 0 atom stereocenters. The molecule has 0 aromatic rings. The first-order valence-corrected chi connectivity index (χ1v) is 2.30. The summed E-state index contributed by atoms with van der Waals surface area (Å²) in [6.07, 6.45) is 0. The first-order valence-electron chi connectivity index (χ1n) is 0.898. The van der Waals surface area contributed by atoms with Crippen molar-refractivity contribution in [3.63, 3.8) is 0 Å². The van der Waals surface area contributed by atoms with Gasteiger partial charge in [0, 0.05) is 0 Å². The van der Waals surface area contributed by atoms with E-state index in [4.69, 9.17) is 28.0 Å². The van der Waals surface area contributed by atoms with E-state index in [1.807, 2.05) is 0 Å². The molecule has 4 N–H and O–H groups in total. The predicted molar refractivity (Wildman–Crippen MR) is 26.6 cm³/mol. The van der Waals surface area contributed by atoms with E-state index in [0.717, 1.165) is 0 Å². The van der Waals surface area contributed by atoms with Crippen LogP contribution in [0.2, 0.25) is 0 Å². The van der Waals surface area contributed by atoms with Gasteiger partial charge in [0.05, 0.1) is 0 Å². The molecule has 0 bridgehead atoms. The van der Waals surface area contributed by atoms with Gasteiger partial charge >= 0.3 is 40.0 Å². The molecule has 0 rings (SSSR count). The Kier molecular flexibility index (Phi) is 15.5. The molecule has 0 heterocycles. The molecule has 0 aliphatic rings. The molecule has 0 saturated heterocycles. The molecular formula is H5NaO6S. The van der Waals surface area contributed by atoms with Crippen molar-refractivity contribution >= 4 is 40.0 Å². The molecule has 0 aliphatic heterocycles. The van der Waals surface area contributed by atoms with Gasteiger partial charge in [-0.15, -0.1) is 0 Å². The first kappa shape index (κ1) is 15.9. The van der Waals surface area contributed by atoms with Crippen LogP contribution in [0, 0.1) is 0 Å². The molecular weight excluding hydrogens is 151 g/mol. The average Bonchev–Trinajstić information content (AvgIpc) is 1.36. The summed E-state index contributed by atoms with van der Waals surface area (Å²) in [7, 11) is -4.67. The summed E-state index contributed by atoms with van der Waals surface area (Å²) in [5.74, 6) is 0. The monoisotopic (exact) mass is 156 g/mol. The molecule has 8 heteroatoms. The summed E-state index contributed by atoms with van der Waals surface area (Å²) in [5, 5.41) is 12.0. The molecule has 6 nitrogen and oxygen atoms in total. The zero-order chi connectivity index (χ0) is 6.50. The molecule has 0 saturated carbocycles. The van der Waals surface area contributed by atoms with Crippen LogP contribution in [0.4, 0.5) is 0 Å². The minimum atomic E-state index is -4.67. The Hall–Kier alpha value is 0.790. The Labute approximate surface area is 67.9 Å². The van der Waals surface area contributed by atoms with E-state index in [0.29, 0.717) is 0 Å². The molecule has 0 aromatic carbocycles. The van der Waals surface area contributed by atoms with Crippen molar-refractivity contribution < 1.29 is 28.0 Å². The van der Waals surface area contributed by atoms with E-state index in [1.54, 1.807) is 0 Å². The Morgan fingerprint density at radius 1 is 1.00 bits per heavy atom. The summed E-state index contributed by atoms with van der Waals surface area (Å²) in [5.41, 5.74) is 0. The van der Waals surface area contributed by atoms with Gasteiger partial charge in [-0.25, -0.2) is 0 Å². The maximum atomic E-state index is 8.74. The second-order valence-electron chi connectivity index (χ2n) is 0.448. The zero-order valence-corrected chi connectivity index (χ0v) is 3.83. The zero-order valence-electron chi connectivity index (χ0n) is 3.01. The van der Waals surface area contributed by atoms with Crippen molar-refractivity contribution in [3.8, 4) is 0 Å². The van der Waals surface area contributed by atoms with Crippen LogP contribution in [-0.4, -0.2) is 57.6 Å². The van der Waals surface area contributed by atoms with Crippen LogP contribution in [0.3, 0.4) is 0 Å². The van der Waals surface area contributed by atoms with Crippen LogP contribution in [0.25, 0.3) is 0 Å². The third-order valence-corrected chi connectivity index (χ3v) is 0. The quantitative estimate of drug-likeness (QED) is 0.150. The van der Waals surface area contributed by atoms with E-state index in [-0.39, 0.29) is 29.6 Å². The number of hydrogen-bond acceptors (Lipinski definition) is 4. The molecule has 0 fully saturated rings. The van der Waals surface area contributed by atoms with Gasteiger partial charge in [0.2, 0.25) is 0 Å². The van der Waals surface area contributed by atoms with Crippen molar-refractivity contribution in [1.82, 2.24) is 0 Å². The van der Waals surface area contributed by atoms with Gasteiger partial charge in [-0.05, 0) is 0 Å². The van der Waals surface area contributed by atoms with Crippen LogP contribution < -0.4 is 0 Å². The summed E-state index contributed by atoms with van der Waals surface area (Å²) in [6.45, 7) is 0. The Morgan fingerprint density at radius 2 is 1.00 bits per heavy atom. The molecule has 0 aromatic heterocycles. The fraction of sp³-hybridized carbons (Fsp3) is 0. The normalized spacial score (nSPS) is 8.00. The molecule has 0 radical (unpaired) electrons. The van der Waals surface area contributed by atoms with E-state index in [2.05, 4.69) is 0 Å². The van der Waals surface area contributed by atoms with E-state index in [9.17, 15) is 0 Å². The summed E-state index contributed by atoms with van der Waals surface area (Å²) in [6, 6.07) is 0. The SMILES string of the molecule is O=S(=O)(O)O.OO.[NaH]. The van der Waals surface area contributed by atoms with Gasteiger partial charge in [0.1, 0.15) is 0 Å². The Morgan fingerprint density at radius 3 is 1.00 bits per heavy atom. The maximum absolute atomic E-state index is 8.74. The molecule has 0 spiro atoms. The Bertz CT molecular complexity index is 91.7. The van der Waals surface area contributed by atoms with Crippen LogP contribution in [0.1, 0.15) is 0 Å². The van der Waals surface area contributed by atoms with Gasteiger partial charge < -0.3 is 0 Å². The molecule has 0 unspecified atom stereocenters. The van der Waals surface area contributed by atoms with Crippen LogP contribution >= 0.6 is 0 Å². The van der Waals surface area contributed by atoms with Crippen molar-refractivity contribution in [1.29, 1.82) is 0 Å².